The standard InChI is InChI=1S/C3H7ClN2/c1-5-3(4)6-2/h1-2H3,(H,5,6). The van der Waals surface area contributed by atoms with E-state index in [2.05, 4.69) is 10.3 Å². The third kappa shape index (κ3) is 2.03. The molecule has 0 aromatic rings. The molecule has 0 bridgehead atoms. The molecule has 0 rings (SSSR count). The van der Waals surface area contributed by atoms with E-state index in [9.17, 15) is 0 Å². The van der Waals surface area contributed by atoms with Crippen molar-refractivity contribution in [2.45, 2.75) is 0 Å². The zero-order chi connectivity index (χ0) is 4.99. The van der Waals surface area contributed by atoms with Crippen LogP contribution in [0.15, 0.2) is 4.99 Å². The number of rotatable bonds is 0. The number of hydrogen-bond acceptors (Lipinski definition) is 1. The van der Waals surface area contributed by atoms with E-state index in [0.717, 1.165) is 0 Å². The summed E-state index contributed by atoms with van der Waals surface area (Å²) >= 11 is 5.29. The van der Waals surface area contributed by atoms with Crippen molar-refractivity contribution < 1.29 is 0 Å². The Labute approximate surface area is 42.2 Å². The van der Waals surface area contributed by atoms with E-state index in [-0.39, 0.29) is 0 Å². The van der Waals surface area contributed by atoms with E-state index in [1.165, 1.54) is 0 Å². The minimum atomic E-state index is 0.440. The van der Waals surface area contributed by atoms with E-state index in [4.69, 9.17) is 11.6 Å². The second kappa shape index (κ2) is 2.97. The Morgan fingerprint density at radius 2 is 2.33 bits per heavy atom. The van der Waals surface area contributed by atoms with Gasteiger partial charge in [0.1, 0.15) is 0 Å². The molecule has 0 unspecified atom stereocenters. The molecule has 0 atom stereocenters. The Morgan fingerprint density at radius 3 is 2.33 bits per heavy atom. The maximum absolute atomic E-state index is 5.29. The summed E-state index contributed by atoms with van der Waals surface area (Å²) in [6.07, 6.45) is 0. The van der Waals surface area contributed by atoms with Gasteiger partial charge in [0, 0.05) is 14.1 Å². The molecule has 0 radical (unpaired) electrons. The van der Waals surface area contributed by atoms with Gasteiger partial charge in [-0.25, -0.2) is 0 Å². The highest BCUT2D eigenvalue weighted by atomic mass is 35.5. The molecule has 0 spiro atoms. The second-order valence-corrected chi connectivity index (χ2v) is 1.12. The first-order valence-electron chi connectivity index (χ1n) is 1.61. The van der Waals surface area contributed by atoms with Gasteiger partial charge in [0.25, 0.3) is 0 Å². The smallest absolute Gasteiger partial charge is 0.190 e. The molecule has 0 aliphatic heterocycles. The molecule has 3 heteroatoms. The van der Waals surface area contributed by atoms with Crippen molar-refractivity contribution in [2.75, 3.05) is 14.1 Å². The first-order chi connectivity index (χ1) is 2.81. The van der Waals surface area contributed by atoms with Crippen molar-refractivity contribution >= 4 is 16.9 Å². The summed E-state index contributed by atoms with van der Waals surface area (Å²) in [6, 6.07) is 0. The van der Waals surface area contributed by atoms with E-state index in [1.54, 1.807) is 14.1 Å². The topological polar surface area (TPSA) is 24.4 Å². The quantitative estimate of drug-likeness (QED) is 0.270. The largest absolute Gasteiger partial charge is 0.364 e. The van der Waals surface area contributed by atoms with E-state index in [1.807, 2.05) is 0 Å². The van der Waals surface area contributed by atoms with Crippen LogP contribution < -0.4 is 5.32 Å². The van der Waals surface area contributed by atoms with Crippen LogP contribution >= 0.6 is 11.6 Å². The summed E-state index contributed by atoms with van der Waals surface area (Å²) in [5.41, 5.74) is 0. The fourth-order valence-electron chi connectivity index (χ4n) is 0.112. The van der Waals surface area contributed by atoms with Crippen molar-refractivity contribution in [3.63, 3.8) is 0 Å². The average molecular weight is 107 g/mol. The Balaban J connectivity index is 3.22. The number of aliphatic imine (C=N–C) groups is 1. The highest BCUT2D eigenvalue weighted by Crippen LogP contribution is 1.72. The molecular formula is C3H7ClN2. The second-order valence-electron chi connectivity index (χ2n) is 0.764. The number of nitrogens with one attached hydrogen (secondary N) is 1. The predicted molar refractivity (Wildman–Crippen MR) is 28.3 cm³/mol. The van der Waals surface area contributed by atoms with Gasteiger partial charge in [0.2, 0.25) is 0 Å². The summed E-state index contributed by atoms with van der Waals surface area (Å²) < 4.78 is 0. The molecule has 0 saturated heterocycles. The van der Waals surface area contributed by atoms with Crippen LogP contribution in [-0.4, -0.2) is 19.4 Å². The number of hydrogen-bond donors (Lipinski definition) is 1. The van der Waals surface area contributed by atoms with Gasteiger partial charge < -0.3 is 5.32 Å². The molecule has 1 N–H and O–H groups in total. The van der Waals surface area contributed by atoms with Crippen LogP contribution in [0.2, 0.25) is 0 Å². The lowest BCUT2D eigenvalue weighted by atomic mass is 11.1. The highest BCUT2D eigenvalue weighted by Gasteiger charge is 1.75. The molecule has 36 valence electrons. The zero-order valence-corrected chi connectivity index (χ0v) is 4.58. The normalized spacial score (nSPS) is 11.5. The summed E-state index contributed by atoms with van der Waals surface area (Å²) in [4.78, 5) is 3.58. The lowest BCUT2D eigenvalue weighted by molar-refractivity contribution is 1.18. The van der Waals surface area contributed by atoms with Gasteiger partial charge in [0.15, 0.2) is 5.29 Å². The minimum Gasteiger partial charge on any atom is -0.364 e. The molecule has 0 aromatic heterocycles. The van der Waals surface area contributed by atoms with Gasteiger partial charge in [-0.15, -0.1) is 0 Å². The molecular weight excluding hydrogens is 99.5 g/mol. The van der Waals surface area contributed by atoms with Crippen LogP contribution in [-0.2, 0) is 0 Å². The maximum atomic E-state index is 5.29. The number of halogens is 1. The minimum absolute atomic E-state index is 0.440. The third-order valence-corrected chi connectivity index (χ3v) is 0.761. The summed E-state index contributed by atoms with van der Waals surface area (Å²) in [5.74, 6) is 0. The molecule has 0 aromatic carbocycles. The van der Waals surface area contributed by atoms with Crippen molar-refractivity contribution in [3.8, 4) is 0 Å². The first-order valence-corrected chi connectivity index (χ1v) is 1.99. The van der Waals surface area contributed by atoms with Crippen molar-refractivity contribution in [1.82, 2.24) is 5.32 Å². The lowest BCUT2D eigenvalue weighted by Crippen LogP contribution is -2.09. The van der Waals surface area contributed by atoms with E-state index < -0.39 is 0 Å². The van der Waals surface area contributed by atoms with Crippen molar-refractivity contribution in [2.24, 2.45) is 4.99 Å². The Hall–Kier alpha value is -0.240. The molecule has 2 nitrogen and oxygen atoms in total. The molecule has 0 aliphatic carbocycles. The molecule has 0 heterocycles. The molecule has 0 saturated carbocycles. The van der Waals surface area contributed by atoms with Crippen LogP contribution in [0.1, 0.15) is 0 Å². The maximum Gasteiger partial charge on any atom is 0.190 e. The fraction of sp³-hybridized carbons (Fsp3) is 0.667. The molecule has 0 fully saturated rings. The van der Waals surface area contributed by atoms with Crippen LogP contribution in [0.25, 0.3) is 0 Å². The highest BCUT2D eigenvalue weighted by molar-refractivity contribution is 6.64. The Kier molecular flexibility index (Phi) is 2.85. The third-order valence-electron chi connectivity index (χ3n) is 0.403. The first kappa shape index (κ1) is 5.76. The van der Waals surface area contributed by atoms with Gasteiger partial charge in [-0.1, -0.05) is 0 Å². The van der Waals surface area contributed by atoms with Crippen LogP contribution in [0.5, 0.6) is 0 Å². The van der Waals surface area contributed by atoms with Gasteiger partial charge in [0.05, 0.1) is 0 Å². The van der Waals surface area contributed by atoms with Gasteiger partial charge >= 0.3 is 0 Å². The van der Waals surface area contributed by atoms with Crippen molar-refractivity contribution in [1.29, 1.82) is 0 Å². The Bertz CT molecular complexity index is 59.8. The summed E-state index contributed by atoms with van der Waals surface area (Å²) in [6.45, 7) is 0. The zero-order valence-electron chi connectivity index (χ0n) is 3.83. The number of amidine groups is 1. The lowest BCUT2D eigenvalue weighted by Gasteiger charge is -1.86. The van der Waals surface area contributed by atoms with Gasteiger partial charge in [-0.05, 0) is 11.6 Å². The van der Waals surface area contributed by atoms with Crippen molar-refractivity contribution in [3.05, 3.63) is 0 Å². The van der Waals surface area contributed by atoms with Gasteiger partial charge in [-0.3, -0.25) is 4.99 Å². The van der Waals surface area contributed by atoms with Crippen LogP contribution in [0.3, 0.4) is 0 Å². The number of nitrogens with zero attached hydrogens (tertiary/aromatic N) is 1. The van der Waals surface area contributed by atoms with E-state index >= 15 is 0 Å². The molecule has 0 amide bonds. The SMILES string of the molecule is CN=C(Cl)NC. The fourth-order valence-corrected chi connectivity index (χ4v) is 0.112. The monoisotopic (exact) mass is 106 g/mol. The Morgan fingerprint density at radius 1 is 1.83 bits per heavy atom. The predicted octanol–water partition coefficient (Wildman–Crippen LogP) is 0.430. The summed E-state index contributed by atoms with van der Waals surface area (Å²) in [5, 5.41) is 3.07. The van der Waals surface area contributed by atoms with Gasteiger partial charge in [-0.2, -0.15) is 0 Å². The molecule has 6 heavy (non-hydrogen) atoms. The average Bonchev–Trinajstić information content (AvgIpc) is 1.65. The summed E-state index contributed by atoms with van der Waals surface area (Å²) in [7, 11) is 3.34. The van der Waals surface area contributed by atoms with Crippen LogP contribution in [0, 0.1) is 0 Å². The molecule has 0 aliphatic rings. The van der Waals surface area contributed by atoms with E-state index in [0.29, 0.717) is 5.29 Å². The van der Waals surface area contributed by atoms with Crippen LogP contribution in [0.4, 0.5) is 0 Å².